The maximum absolute atomic E-state index is 6.10. The van der Waals surface area contributed by atoms with Gasteiger partial charge in [0, 0.05) is 30.6 Å². The molecular weight excluding hydrogens is 312 g/mol. The van der Waals surface area contributed by atoms with E-state index in [2.05, 4.69) is 20.3 Å². The van der Waals surface area contributed by atoms with Gasteiger partial charge in [-0.05, 0) is 29.8 Å². The third-order valence-electron chi connectivity index (χ3n) is 3.22. The maximum Gasteiger partial charge on any atom is 0.164 e. The molecule has 3 rings (SSSR count). The van der Waals surface area contributed by atoms with Crippen molar-refractivity contribution in [3.8, 4) is 17.1 Å². The van der Waals surface area contributed by atoms with Gasteiger partial charge in [-0.1, -0.05) is 23.7 Å². The minimum Gasteiger partial charge on any atom is -0.497 e. The van der Waals surface area contributed by atoms with Gasteiger partial charge in [0.1, 0.15) is 16.7 Å². The molecule has 0 radical (unpaired) electrons. The van der Waals surface area contributed by atoms with E-state index in [0.29, 0.717) is 23.3 Å². The average molecular weight is 327 g/mol. The molecule has 0 saturated heterocycles. The number of nitrogens with zero attached hydrogens (tertiary/aromatic N) is 3. The summed E-state index contributed by atoms with van der Waals surface area (Å²) in [5.74, 6) is 2.02. The van der Waals surface area contributed by atoms with E-state index in [9.17, 15) is 0 Å². The van der Waals surface area contributed by atoms with Gasteiger partial charge in [-0.3, -0.25) is 4.98 Å². The van der Waals surface area contributed by atoms with Gasteiger partial charge in [0.15, 0.2) is 5.82 Å². The van der Waals surface area contributed by atoms with Crippen molar-refractivity contribution in [2.75, 3.05) is 12.4 Å². The molecule has 23 heavy (non-hydrogen) atoms. The molecule has 0 unspecified atom stereocenters. The summed E-state index contributed by atoms with van der Waals surface area (Å²) in [5.41, 5.74) is 1.90. The molecular formula is C17H15ClN4O. The van der Waals surface area contributed by atoms with Crippen LogP contribution in [-0.4, -0.2) is 22.1 Å². The van der Waals surface area contributed by atoms with Crippen LogP contribution in [0.4, 0.5) is 5.82 Å². The zero-order chi connectivity index (χ0) is 16.1. The summed E-state index contributed by atoms with van der Waals surface area (Å²) in [5, 5.41) is 3.63. The van der Waals surface area contributed by atoms with Crippen molar-refractivity contribution in [1.29, 1.82) is 0 Å². The fraction of sp³-hybridized carbons (Fsp3) is 0.118. The lowest BCUT2D eigenvalue weighted by atomic mass is 10.2. The number of hydrogen-bond donors (Lipinski definition) is 1. The van der Waals surface area contributed by atoms with Crippen molar-refractivity contribution in [3.63, 3.8) is 0 Å². The number of ether oxygens (including phenoxy) is 1. The third kappa shape index (κ3) is 3.96. The number of rotatable bonds is 5. The summed E-state index contributed by atoms with van der Waals surface area (Å²) >= 11 is 6.10. The summed E-state index contributed by atoms with van der Waals surface area (Å²) in [7, 11) is 1.65. The van der Waals surface area contributed by atoms with Gasteiger partial charge in [0.25, 0.3) is 0 Å². The van der Waals surface area contributed by atoms with Crippen LogP contribution in [-0.2, 0) is 6.54 Å². The molecule has 0 fully saturated rings. The monoisotopic (exact) mass is 326 g/mol. The molecule has 0 aliphatic rings. The Balaban J connectivity index is 1.79. The molecule has 0 spiro atoms. The zero-order valence-electron chi connectivity index (χ0n) is 12.5. The SMILES string of the molecule is COc1cccc(CNc2cc(Cl)nc(-c3cccnc3)n2)c1. The Morgan fingerprint density at radius 1 is 1.13 bits per heavy atom. The van der Waals surface area contributed by atoms with Gasteiger partial charge in [-0.15, -0.1) is 0 Å². The molecule has 0 bridgehead atoms. The number of methoxy groups -OCH3 is 1. The van der Waals surface area contributed by atoms with Crippen LogP contribution < -0.4 is 10.1 Å². The van der Waals surface area contributed by atoms with Crippen molar-refractivity contribution >= 4 is 17.4 Å². The molecule has 116 valence electrons. The number of halogens is 1. The second-order valence-electron chi connectivity index (χ2n) is 4.85. The number of aromatic nitrogens is 3. The van der Waals surface area contributed by atoms with Crippen LogP contribution in [0.2, 0.25) is 5.15 Å². The fourth-order valence-electron chi connectivity index (χ4n) is 2.11. The number of pyridine rings is 1. The van der Waals surface area contributed by atoms with Crippen LogP contribution >= 0.6 is 11.6 Å². The van der Waals surface area contributed by atoms with Crippen molar-refractivity contribution in [2.24, 2.45) is 0 Å². The van der Waals surface area contributed by atoms with Crippen LogP contribution in [0.25, 0.3) is 11.4 Å². The standard InChI is InChI=1S/C17H15ClN4O/c1-23-14-6-2-4-12(8-14)10-20-16-9-15(18)21-17(22-16)13-5-3-7-19-11-13/h2-9,11H,10H2,1H3,(H,20,21,22). The maximum atomic E-state index is 6.10. The molecule has 0 aliphatic carbocycles. The highest BCUT2D eigenvalue weighted by atomic mass is 35.5. The van der Waals surface area contributed by atoms with Crippen LogP contribution in [0, 0.1) is 0 Å². The van der Waals surface area contributed by atoms with E-state index >= 15 is 0 Å². The lowest BCUT2D eigenvalue weighted by molar-refractivity contribution is 0.414. The Labute approximate surface area is 139 Å². The molecule has 0 saturated carbocycles. The summed E-state index contributed by atoms with van der Waals surface area (Å²) in [4.78, 5) is 12.8. The summed E-state index contributed by atoms with van der Waals surface area (Å²) in [6, 6.07) is 13.3. The molecule has 2 heterocycles. The predicted octanol–water partition coefficient (Wildman–Crippen LogP) is 3.81. The lowest BCUT2D eigenvalue weighted by Gasteiger charge is -2.09. The Morgan fingerprint density at radius 3 is 2.83 bits per heavy atom. The van der Waals surface area contributed by atoms with E-state index in [1.165, 1.54) is 0 Å². The first-order valence-electron chi connectivity index (χ1n) is 7.06. The van der Waals surface area contributed by atoms with E-state index in [-0.39, 0.29) is 0 Å². The topological polar surface area (TPSA) is 59.9 Å². The highest BCUT2D eigenvalue weighted by Gasteiger charge is 2.06. The van der Waals surface area contributed by atoms with Gasteiger partial charge >= 0.3 is 0 Å². The molecule has 3 aromatic rings. The highest BCUT2D eigenvalue weighted by Crippen LogP contribution is 2.20. The van der Waals surface area contributed by atoms with Crippen molar-refractivity contribution in [3.05, 3.63) is 65.6 Å². The molecule has 5 nitrogen and oxygen atoms in total. The summed E-state index contributed by atoms with van der Waals surface area (Å²) < 4.78 is 5.22. The smallest absolute Gasteiger partial charge is 0.164 e. The van der Waals surface area contributed by atoms with E-state index in [0.717, 1.165) is 16.9 Å². The first-order valence-corrected chi connectivity index (χ1v) is 7.44. The first kappa shape index (κ1) is 15.2. The number of hydrogen-bond acceptors (Lipinski definition) is 5. The largest absolute Gasteiger partial charge is 0.497 e. The number of benzene rings is 1. The first-order chi connectivity index (χ1) is 11.2. The van der Waals surface area contributed by atoms with Gasteiger partial charge in [0.2, 0.25) is 0 Å². The summed E-state index contributed by atoms with van der Waals surface area (Å²) in [6.07, 6.45) is 3.41. The Hall–Kier alpha value is -2.66. The molecule has 1 N–H and O–H groups in total. The number of anilines is 1. The Bertz CT molecular complexity index is 796. The van der Waals surface area contributed by atoms with E-state index in [1.807, 2.05) is 36.4 Å². The van der Waals surface area contributed by atoms with Gasteiger partial charge in [-0.25, -0.2) is 9.97 Å². The van der Waals surface area contributed by atoms with Gasteiger partial charge in [-0.2, -0.15) is 0 Å². The highest BCUT2D eigenvalue weighted by molar-refractivity contribution is 6.29. The van der Waals surface area contributed by atoms with E-state index in [4.69, 9.17) is 16.3 Å². The Kier molecular flexibility index (Phi) is 4.68. The quantitative estimate of drug-likeness (QED) is 0.722. The molecule has 1 aromatic carbocycles. The summed E-state index contributed by atoms with van der Waals surface area (Å²) in [6.45, 7) is 0.608. The van der Waals surface area contributed by atoms with Crippen LogP contribution in [0.1, 0.15) is 5.56 Å². The van der Waals surface area contributed by atoms with Crippen molar-refractivity contribution in [2.45, 2.75) is 6.54 Å². The second-order valence-corrected chi connectivity index (χ2v) is 5.23. The van der Waals surface area contributed by atoms with Crippen LogP contribution in [0.3, 0.4) is 0 Å². The van der Waals surface area contributed by atoms with Crippen molar-refractivity contribution in [1.82, 2.24) is 15.0 Å². The lowest BCUT2D eigenvalue weighted by Crippen LogP contribution is -2.03. The minimum absolute atomic E-state index is 0.381. The van der Waals surface area contributed by atoms with Gasteiger partial charge < -0.3 is 10.1 Å². The van der Waals surface area contributed by atoms with Gasteiger partial charge in [0.05, 0.1) is 7.11 Å². The van der Waals surface area contributed by atoms with E-state index < -0.39 is 0 Å². The molecule has 2 aromatic heterocycles. The van der Waals surface area contributed by atoms with Crippen LogP contribution in [0.5, 0.6) is 5.75 Å². The second kappa shape index (κ2) is 7.07. The predicted molar refractivity (Wildman–Crippen MR) is 90.6 cm³/mol. The molecule has 0 atom stereocenters. The average Bonchev–Trinajstić information content (AvgIpc) is 2.60. The zero-order valence-corrected chi connectivity index (χ0v) is 13.3. The molecule has 0 amide bonds. The molecule has 6 heteroatoms. The molecule has 0 aliphatic heterocycles. The third-order valence-corrected chi connectivity index (χ3v) is 3.42. The van der Waals surface area contributed by atoms with Crippen molar-refractivity contribution < 1.29 is 4.74 Å². The number of nitrogens with one attached hydrogen (secondary N) is 1. The van der Waals surface area contributed by atoms with Crippen LogP contribution in [0.15, 0.2) is 54.9 Å². The van der Waals surface area contributed by atoms with E-state index in [1.54, 1.807) is 25.6 Å². The normalized spacial score (nSPS) is 10.3. The Morgan fingerprint density at radius 2 is 2.04 bits per heavy atom. The fourth-order valence-corrected chi connectivity index (χ4v) is 2.29. The minimum atomic E-state index is 0.381.